The van der Waals surface area contributed by atoms with Crippen molar-refractivity contribution in [1.82, 2.24) is 0 Å². The highest BCUT2D eigenvalue weighted by molar-refractivity contribution is 9.10. The molecular weight excluding hydrogens is 376 g/mol. The SMILES string of the molecule is O=C(O)C(Br)c1cccc(Oc2ccc(Br)cc2)c1. The number of halogens is 2. The van der Waals surface area contributed by atoms with Crippen LogP contribution in [0.15, 0.2) is 53.0 Å². The molecule has 0 bridgehead atoms. The Balaban J connectivity index is 2.19. The molecule has 1 unspecified atom stereocenters. The number of alkyl halides is 1. The first-order valence-electron chi connectivity index (χ1n) is 5.46. The van der Waals surface area contributed by atoms with Gasteiger partial charge in [0.15, 0.2) is 0 Å². The van der Waals surface area contributed by atoms with E-state index < -0.39 is 10.8 Å². The Bertz CT molecular complexity index is 581. The lowest BCUT2D eigenvalue weighted by Crippen LogP contribution is -2.04. The van der Waals surface area contributed by atoms with E-state index in [2.05, 4.69) is 31.9 Å². The van der Waals surface area contributed by atoms with Crippen LogP contribution in [0.5, 0.6) is 11.5 Å². The summed E-state index contributed by atoms with van der Waals surface area (Å²) < 4.78 is 6.64. The van der Waals surface area contributed by atoms with Crippen molar-refractivity contribution in [3.63, 3.8) is 0 Å². The first kappa shape index (κ1) is 14.1. The molecule has 98 valence electrons. The predicted octanol–water partition coefficient (Wildman–Crippen LogP) is 4.76. The molecule has 0 amide bonds. The van der Waals surface area contributed by atoms with Gasteiger partial charge in [0.1, 0.15) is 16.3 Å². The van der Waals surface area contributed by atoms with Crippen molar-refractivity contribution in [2.45, 2.75) is 4.83 Å². The van der Waals surface area contributed by atoms with Crippen LogP contribution in [0.3, 0.4) is 0 Å². The van der Waals surface area contributed by atoms with E-state index in [0.717, 1.165) is 4.47 Å². The normalized spacial score (nSPS) is 11.9. The number of ether oxygens (including phenoxy) is 1. The van der Waals surface area contributed by atoms with Crippen molar-refractivity contribution >= 4 is 37.8 Å². The molecule has 0 saturated carbocycles. The summed E-state index contributed by atoms with van der Waals surface area (Å²) in [6.07, 6.45) is 0. The zero-order valence-corrected chi connectivity index (χ0v) is 12.9. The molecule has 5 heteroatoms. The molecule has 2 aromatic rings. The molecule has 0 radical (unpaired) electrons. The van der Waals surface area contributed by atoms with Gasteiger partial charge in [-0.3, -0.25) is 4.79 Å². The first-order valence-corrected chi connectivity index (χ1v) is 7.17. The fourth-order valence-electron chi connectivity index (χ4n) is 1.52. The zero-order valence-electron chi connectivity index (χ0n) is 9.72. The average molecular weight is 386 g/mol. The Hall–Kier alpha value is -1.33. The Morgan fingerprint density at radius 3 is 2.42 bits per heavy atom. The zero-order chi connectivity index (χ0) is 13.8. The van der Waals surface area contributed by atoms with Gasteiger partial charge in [-0.15, -0.1) is 0 Å². The maximum atomic E-state index is 10.9. The highest BCUT2D eigenvalue weighted by Crippen LogP contribution is 2.29. The average Bonchev–Trinajstić information content (AvgIpc) is 2.41. The summed E-state index contributed by atoms with van der Waals surface area (Å²) in [7, 11) is 0. The third-order valence-corrected chi connectivity index (χ3v) is 3.87. The maximum Gasteiger partial charge on any atom is 0.321 e. The van der Waals surface area contributed by atoms with E-state index in [9.17, 15) is 4.79 Å². The summed E-state index contributed by atoms with van der Waals surface area (Å²) in [4.78, 5) is 10.2. The quantitative estimate of drug-likeness (QED) is 0.771. The van der Waals surface area contributed by atoms with Crippen LogP contribution in [0.4, 0.5) is 0 Å². The van der Waals surface area contributed by atoms with Gasteiger partial charge in [0.25, 0.3) is 0 Å². The van der Waals surface area contributed by atoms with E-state index in [1.54, 1.807) is 24.3 Å². The molecule has 2 rings (SSSR count). The monoisotopic (exact) mass is 384 g/mol. The predicted molar refractivity (Wildman–Crippen MR) is 80.0 cm³/mol. The van der Waals surface area contributed by atoms with Gasteiger partial charge < -0.3 is 9.84 Å². The maximum absolute atomic E-state index is 10.9. The van der Waals surface area contributed by atoms with E-state index in [1.165, 1.54) is 0 Å². The van der Waals surface area contributed by atoms with E-state index in [-0.39, 0.29) is 0 Å². The highest BCUT2D eigenvalue weighted by Gasteiger charge is 2.16. The molecule has 0 heterocycles. The third-order valence-electron chi connectivity index (χ3n) is 2.42. The molecule has 0 aromatic heterocycles. The molecule has 2 aromatic carbocycles. The first-order chi connectivity index (χ1) is 9.06. The van der Waals surface area contributed by atoms with Crippen molar-refractivity contribution < 1.29 is 14.6 Å². The van der Waals surface area contributed by atoms with Crippen molar-refractivity contribution in [3.8, 4) is 11.5 Å². The smallest absolute Gasteiger partial charge is 0.321 e. The van der Waals surface area contributed by atoms with E-state index in [1.807, 2.05) is 24.3 Å². The van der Waals surface area contributed by atoms with E-state index in [4.69, 9.17) is 9.84 Å². The minimum Gasteiger partial charge on any atom is -0.480 e. The molecule has 0 aliphatic heterocycles. The molecule has 1 atom stereocenters. The second kappa shape index (κ2) is 6.21. The lowest BCUT2D eigenvalue weighted by atomic mass is 10.1. The third kappa shape index (κ3) is 3.81. The number of rotatable bonds is 4. The van der Waals surface area contributed by atoms with Crippen molar-refractivity contribution in [2.24, 2.45) is 0 Å². The Kier molecular flexibility index (Phi) is 4.61. The van der Waals surface area contributed by atoms with Crippen LogP contribution in [0.25, 0.3) is 0 Å². The lowest BCUT2D eigenvalue weighted by molar-refractivity contribution is -0.136. The largest absolute Gasteiger partial charge is 0.480 e. The van der Waals surface area contributed by atoms with Crippen LogP contribution >= 0.6 is 31.9 Å². The Morgan fingerprint density at radius 1 is 1.11 bits per heavy atom. The second-order valence-corrected chi connectivity index (χ2v) is 5.66. The summed E-state index contributed by atoms with van der Waals surface area (Å²) >= 11 is 6.47. The number of carbonyl (C=O) groups is 1. The second-order valence-electron chi connectivity index (χ2n) is 3.83. The van der Waals surface area contributed by atoms with Crippen LogP contribution in [-0.2, 0) is 4.79 Å². The summed E-state index contributed by atoms with van der Waals surface area (Å²) in [5.74, 6) is 0.369. The molecule has 0 aliphatic carbocycles. The number of carboxylic acid groups (broad SMARTS) is 1. The number of hydrogen-bond donors (Lipinski definition) is 1. The van der Waals surface area contributed by atoms with Gasteiger partial charge in [-0.1, -0.05) is 44.0 Å². The Morgan fingerprint density at radius 2 is 1.79 bits per heavy atom. The van der Waals surface area contributed by atoms with Crippen LogP contribution in [0.2, 0.25) is 0 Å². The van der Waals surface area contributed by atoms with Crippen molar-refractivity contribution in [3.05, 3.63) is 58.6 Å². The van der Waals surface area contributed by atoms with Gasteiger partial charge in [-0.25, -0.2) is 0 Å². The number of hydrogen-bond acceptors (Lipinski definition) is 2. The standard InChI is InChI=1S/C14H10Br2O3/c15-10-4-6-11(7-5-10)19-12-3-1-2-9(8-12)13(16)14(17)18/h1-8,13H,(H,17,18). The number of aliphatic carboxylic acids is 1. The van der Waals surface area contributed by atoms with Crippen LogP contribution in [0.1, 0.15) is 10.4 Å². The van der Waals surface area contributed by atoms with Gasteiger partial charge in [0.2, 0.25) is 0 Å². The van der Waals surface area contributed by atoms with Gasteiger partial charge in [-0.05, 0) is 42.0 Å². The summed E-state index contributed by atoms with van der Waals surface area (Å²) in [6, 6.07) is 14.4. The number of benzene rings is 2. The van der Waals surface area contributed by atoms with Gasteiger partial charge in [0.05, 0.1) is 0 Å². The van der Waals surface area contributed by atoms with E-state index in [0.29, 0.717) is 17.1 Å². The fraction of sp³-hybridized carbons (Fsp3) is 0.0714. The minimum absolute atomic E-state index is 0.602. The lowest BCUT2D eigenvalue weighted by Gasteiger charge is -2.09. The molecule has 0 fully saturated rings. The van der Waals surface area contributed by atoms with Gasteiger partial charge >= 0.3 is 5.97 Å². The van der Waals surface area contributed by atoms with Crippen molar-refractivity contribution in [1.29, 1.82) is 0 Å². The number of carboxylic acids is 1. The molecule has 0 saturated heterocycles. The summed E-state index contributed by atoms with van der Waals surface area (Å²) in [5, 5.41) is 8.95. The minimum atomic E-state index is -0.930. The Labute approximate surface area is 127 Å². The van der Waals surface area contributed by atoms with Crippen molar-refractivity contribution in [2.75, 3.05) is 0 Å². The fourth-order valence-corrected chi connectivity index (χ4v) is 2.07. The summed E-state index contributed by atoms with van der Waals surface area (Å²) in [5.41, 5.74) is 0.641. The molecule has 3 nitrogen and oxygen atoms in total. The van der Waals surface area contributed by atoms with Gasteiger partial charge in [0, 0.05) is 4.47 Å². The summed E-state index contributed by atoms with van der Waals surface area (Å²) in [6.45, 7) is 0. The molecule has 0 aliphatic rings. The van der Waals surface area contributed by atoms with Crippen LogP contribution in [0, 0.1) is 0 Å². The van der Waals surface area contributed by atoms with E-state index >= 15 is 0 Å². The molecule has 0 spiro atoms. The topological polar surface area (TPSA) is 46.5 Å². The molecular formula is C14H10Br2O3. The molecule has 1 N–H and O–H groups in total. The van der Waals surface area contributed by atoms with Crippen LogP contribution < -0.4 is 4.74 Å². The van der Waals surface area contributed by atoms with Crippen LogP contribution in [-0.4, -0.2) is 11.1 Å². The highest BCUT2D eigenvalue weighted by atomic mass is 79.9. The molecule has 19 heavy (non-hydrogen) atoms. The van der Waals surface area contributed by atoms with Gasteiger partial charge in [-0.2, -0.15) is 0 Å².